The summed E-state index contributed by atoms with van der Waals surface area (Å²) in [5.74, 6) is -2.98. The lowest BCUT2D eigenvalue weighted by Crippen LogP contribution is -2.32. The predicted molar refractivity (Wildman–Crippen MR) is 76.3 cm³/mol. The largest absolute Gasteiger partial charge is 0.360 e. The lowest BCUT2D eigenvalue weighted by atomic mass is 9.96. The van der Waals surface area contributed by atoms with Crippen LogP contribution in [0.4, 0.5) is 19.0 Å². The Morgan fingerprint density at radius 3 is 2.48 bits per heavy atom. The minimum atomic E-state index is -1.09. The van der Waals surface area contributed by atoms with Gasteiger partial charge in [0.15, 0.2) is 11.6 Å². The number of carbonyl (C=O) groups is 1. The van der Waals surface area contributed by atoms with Crippen LogP contribution >= 0.6 is 11.6 Å². The summed E-state index contributed by atoms with van der Waals surface area (Å²) in [5.41, 5.74) is -0.430. The summed E-state index contributed by atoms with van der Waals surface area (Å²) in [6.45, 7) is 1.64. The number of nitrogens with zero attached hydrogens (tertiary/aromatic N) is 2. The molecule has 1 atom stereocenters. The molecule has 0 radical (unpaired) electrons. The van der Waals surface area contributed by atoms with E-state index in [1.165, 1.54) is 17.2 Å². The lowest BCUT2D eigenvalue weighted by molar-refractivity contribution is -0.115. The van der Waals surface area contributed by atoms with E-state index in [-0.39, 0.29) is 17.3 Å². The molecule has 3 rings (SSSR count). The summed E-state index contributed by atoms with van der Waals surface area (Å²) in [4.78, 5) is 13.2. The van der Waals surface area contributed by atoms with Crippen molar-refractivity contribution in [3.63, 3.8) is 0 Å². The molecule has 2 aromatic rings. The van der Waals surface area contributed by atoms with Crippen molar-refractivity contribution in [3.05, 3.63) is 58.2 Å². The Kier molecular flexibility index (Phi) is 3.89. The summed E-state index contributed by atoms with van der Waals surface area (Å²) >= 11 is 5.84. The third-order valence-electron chi connectivity index (χ3n) is 3.49. The van der Waals surface area contributed by atoms with E-state index in [2.05, 4.69) is 5.16 Å². The Bertz CT molecular complexity index is 796. The molecule has 1 unspecified atom stereocenters. The number of aryl methyl sites for hydroxylation is 1. The van der Waals surface area contributed by atoms with Gasteiger partial charge in [-0.1, -0.05) is 16.8 Å². The normalized spacial score (nSPS) is 18.3. The molecule has 0 saturated carbocycles. The molecule has 8 heteroatoms. The molecule has 1 aromatic heterocycles. The Morgan fingerprint density at radius 2 is 1.91 bits per heavy atom. The Morgan fingerprint density at radius 1 is 1.26 bits per heavy atom. The average molecular weight is 343 g/mol. The van der Waals surface area contributed by atoms with Gasteiger partial charge < -0.3 is 9.42 Å². The third kappa shape index (κ3) is 2.84. The SMILES string of the molecule is Cc1cc(N2C=C(Cl)C(=O)CC2c2c(F)cc(F)cc2F)no1. The molecule has 2 heterocycles. The second-order valence-corrected chi connectivity index (χ2v) is 5.51. The number of halogens is 4. The van der Waals surface area contributed by atoms with Gasteiger partial charge in [0.2, 0.25) is 0 Å². The van der Waals surface area contributed by atoms with Crippen LogP contribution in [0.2, 0.25) is 0 Å². The number of ketones is 1. The van der Waals surface area contributed by atoms with Crippen molar-refractivity contribution >= 4 is 23.2 Å². The average Bonchev–Trinajstić information content (AvgIpc) is 2.87. The first-order valence-corrected chi connectivity index (χ1v) is 7.01. The van der Waals surface area contributed by atoms with Gasteiger partial charge in [-0.25, -0.2) is 13.2 Å². The molecular formula is C15H10ClF3N2O2. The molecule has 0 amide bonds. The lowest BCUT2D eigenvalue weighted by Gasteiger charge is -2.32. The number of Topliss-reactive ketones (excluding diaryl/α,β-unsaturated/α-hetero) is 1. The molecule has 1 aliphatic rings. The van der Waals surface area contributed by atoms with Crippen LogP contribution in [0, 0.1) is 24.4 Å². The Hall–Kier alpha value is -2.28. The van der Waals surface area contributed by atoms with Gasteiger partial charge >= 0.3 is 0 Å². The first-order valence-electron chi connectivity index (χ1n) is 6.63. The van der Waals surface area contributed by atoms with Gasteiger partial charge in [-0.15, -0.1) is 0 Å². The van der Waals surface area contributed by atoms with Crippen LogP contribution in [0.3, 0.4) is 0 Å². The second kappa shape index (κ2) is 5.73. The van der Waals surface area contributed by atoms with Crippen LogP contribution in [-0.4, -0.2) is 10.9 Å². The van der Waals surface area contributed by atoms with Crippen LogP contribution < -0.4 is 4.90 Å². The Balaban J connectivity index is 2.14. The van der Waals surface area contributed by atoms with Crippen molar-refractivity contribution in [1.29, 1.82) is 0 Å². The molecule has 23 heavy (non-hydrogen) atoms. The van der Waals surface area contributed by atoms with Gasteiger partial charge in [0.25, 0.3) is 0 Å². The smallest absolute Gasteiger partial charge is 0.178 e. The van der Waals surface area contributed by atoms with Crippen molar-refractivity contribution < 1.29 is 22.5 Å². The van der Waals surface area contributed by atoms with Crippen LogP contribution in [0.15, 0.2) is 34.0 Å². The van der Waals surface area contributed by atoms with Crippen LogP contribution in [0.1, 0.15) is 23.8 Å². The van der Waals surface area contributed by atoms with E-state index in [0.717, 1.165) is 0 Å². The molecular weight excluding hydrogens is 333 g/mol. The van der Waals surface area contributed by atoms with Gasteiger partial charge in [-0.3, -0.25) is 4.79 Å². The number of carbonyl (C=O) groups excluding carboxylic acids is 1. The highest BCUT2D eigenvalue weighted by atomic mass is 35.5. The molecule has 1 aromatic carbocycles. The molecule has 4 nitrogen and oxygen atoms in total. The molecule has 0 saturated heterocycles. The van der Waals surface area contributed by atoms with Gasteiger partial charge in [0.1, 0.15) is 23.2 Å². The maximum atomic E-state index is 14.1. The zero-order chi connectivity index (χ0) is 16.7. The molecule has 0 bridgehead atoms. The first kappa shape index (κ1) is 15.6. The number of aromatic nitrogens is 1. The quantitative estimate of drug-likeness (QED) is 0.827. The monoisotopic (exact) mass is 342 g/mol. The van der Waals surface area contributed by atoms with Gasteiger partial charge in [-0.05, 0) is 6.92 Å². The number of rotatable bonds is 2. The number of anilines is 1. The summed E-state index contributed by atoms with van der Waals surface area (Å²) in [7, 11) is 0. The van der Waals surface area contributed by atoms with Crippen molar-refractivity contribution in [2.45, 2.75) is 19.4 Å². The molecule has 120 valence electrons. The predicted octanol–water partition coefficient (Wildman–Crippen LogP) is 4.00. The fourth-order valence-electron chi connectivity index (χ4n) is 2.47. The molecule has 1 aliphatic heterocycles. The van der Waals surface area contributed by atoms with E-state index in [4.69, 9.17) is 16.1 Å². The van der Waals surface area contributed by atoms with E-state index < -0.39 is 34.8 Å². The zero-order valence-corrected chi connectivity index (χ0v) is 12.6. The van der Waals surface area contributed by atoms with Crippen molar-refractivity contribution in [2.75, 3.05) is 4.90 Å². The minimum Gasteiger partial charge on any atom is -0.360 e. The van der Waals surface area contributed by atoms with E-state index in [9.17, 15) is 18.0 Å². The molecule has 0 spiro atoms. The fraction of sp³-hybridized carbons (Fsp3) is 0.200. The van der Waals surface area contributed by atoms with Crippen LogP contribution in [-0.2, 0) is 4.79 Å². The molecule has 0 N–H and O–H groups in total. The minimum absolute atomic E-state index is 0.0927. The van der Waals surface area contributed by atoms with Crippen molar-refractivity contribution in [2.24, 2.45) is 0 Å². The Labute approximate surface area is 134 Å². The number of benzene rings is 1. The van der Waals surface area contributed by atoms with Gasteiger partial charge in [0, 0.05) is 36.4 Å². The highest BCUT2D eigenvalue weighted by molar-refractivity contribution is 6.43. The number of hydrogen-bond donors (Lipinski definition) is 0. The summed E-state index contributed by atoms with van der Waals surface area (Å²) in [6.07, 6.45) is 0.957. The standard InChI is InChI=1S/C15H10ClF3N2O2/c1-7-2-14(20-23-7)21-6-9(16)13(22)5-12(21)15-10(18)3-8(17)4-11(15)19/h2-4,6,12H,5H2,1H3. The first-order chi connectivity index (χ1) is 10.9. The summed E-state index contributed by atoms with van der Waals surface area (Å²) in [5, 5.41) is 3.68. The molecule has 0 aliphatic carbocycles. The summed E-state index contributed by atoms with van der Waals surface area (Å²) in [6, 6.07) is 1.61. The maximum Gasteiger partial charge on any atom is 0.178 e. The number of hydrogen-bond acceptors (Lipinski definition) is 4. The van der Waals surface area contributed by atoms with Gasteiger partial charge in [-0.2, -0.15) is 0 Å². The van der Waals surface area contributed by atoms with Crippen LogP contribution in [0.5, 0.6) is 0 Å². The third-order valence-corrected chi connectivity index (χ3v) is 3.80. The van der Waals surface area contributed by atoms with E-state index in [1.54, 1.807) is 6.92 Å². The summed E-state index contributed by atoms with van der Waals surface area (Å²) < 4.78 is 46.3. The van der Waals surface area contributed by atoms with Crippen LogP contribution in [0.25, 0.3) is 0 Å². The highest BCUT2D eigenvalue weighted by Gasteiger charge is 2.34. The maximum absolute atomic E-state index is 14.1. The highest BCUT2D eigenvalue weighted by Crippen LogP contribution is 2.38. The van der Waals surface area contributed by atoms with E-state index in [0.29, 0.717) is 17.9 Å². The topological polar surface area (TPSA) is 46.3 Å². The molecule has 0 fully saturated rings. The van der Waals surface area contributed by atoms with Gasteiger partial charge in [0.05, 0.1) is 11.1 Å². The second-order valence-electron chi connectivity index (χ2n) is 5.11. The number of allylic oxidation sites excluding steroid dienone is 1. The van der Waals surface area contributed by atoms with E-state index >= 15 is 0 Å². The van der Waals surface area contributed by atoms with Crippen molar-refractivity contribution in [1.82, 2.24) is 5.16 Å². The fourth-order valence-corrected chi connectivity index (χ4v) is 2.65. The zero-order valence-electron chi connectivity index (χ0n) is 11.8. The van der Waals surface area contributed by atoms with Crippen molar-refractivity contribution in [3.8, 4) is 0 Å². The van der Waals surface area contributed by atoms with E-state index in [1.807, 2.05) is 0 Å².